The van der Waals surface area contributed by atoms with Gasteiger partial charge < -0.3 is 19.9 Å². The van der Waals surface area contributed by atoms with Crippen molar-refractivity contribution in [3.8, 4) is 11.5 Å². The second-order valence-corrected chi connectivity index (χ2v) is 10.2. The van der Waals surface area contributed by atoms with Crippen LogP contribution in [-0.4, -0.2) is 61.0 Å². The van der Waals surface area contributed by atoms with Crippen LogP contribution in [0.15, 0.2) is 24.3 Å². The molecule has 1 saturated carbocycles. The Kier molecular flexibility index (Phi) is 9.04. The molecule has 1 aliphatic heterocycles. The Morgan fingerprint density at radius 3 is 2.56 bits per heavy atom. The van der Waals surface area contributed by atoms with E-state index < -0.39 is 0 Å². The summed E-state index contributed by atoms with van der Waals surface area (Å²) in [6, 6.07) is 9.20. The number of likely N-dealkylation sites (tertiary alicyclic amines) is 1. The Balaban J connectivity index is 1.67. The molecule has 1 saturated heterocycles. The van der Waals surface area contributed by atoms with Crippen LogP contribution < -0.4 is 15.2 Å². The molecule has 1 aromatic heterocycles. The van der Waals surface area contributed by atoms with E-state index in [0.29, 0.717) is 19.3 Å². The summed E-state index contributed by atoms with van der Waals surface area (Å²) >= 11 is 0. The zero-order chi connectivity index (χ0) is 23.9. The lowest BCUT2D eigenvalue weighted by atomic mass is 9.91. The highest BCUT2D eigenvalue weighted by molar-refractivity contribution is 5.90. The number of methoxy groups -OCH3 is 1. The summed E-state index contributed by atoms with van der Waals surface area (Å²) < 4.78 is 18.0. The normalized spacial score (nSPS) is 22.7. The van der Waals surface area contributed by atoms with Crippen molar-refractivity contribution in [2.75, 3.05) is 26.9 Å². The molecule has 6 nitrogen and oxygen atoms in total. The van der Waals surface area contributed by atoms with Crippen molar-refractivity contribution < 1.29 is 14.2 Å². The molecule has 0 radical (unpaired) electrons. The highest BCUT2D eigenvalue weighted by Crippen LogP contribution is 2.34. The van der Waals surface area contributed by atoms with Gasteiger partial charge in [-0.3, -0.25) is 4.90 Å². The van der Waals surface area contributed by atoms with E-state index in [1.54, 1.807) is 7.11 Å². The van der Waals surface area contributed by atoms with Crippen molar-refractivity contribution in [1.29, 1.82) is 0 Å². The summed E-state index contributed by atoms with van der Waals surface area (Å²) in [5.74, 6) is 1.72. The average Bonchev–Trinajstić information content (AvgIpc) is 3.09. The predicted molar refractivity (Wildman–Crippen MR) is 138 cm³/mol. The Hall–Kier alpha value is -1.89. The summed E-state index contributed by atoms with van der Waals surface area (Å²) in [5, 5.41) is 1.000. The van der Waals surface area contributed by atoms with Gasteiger partial charge in [-0.25, -0.2) is 4.98 Å². The van der Waals surface area contributed by atoms with Gasteiger partial charge in [0.2, 0.25) is 0 Å². The van der Waals surface area contributed by atoms with Gasteiger partial charge in [0.25, 0.3) is 0 Å². The smallest absolute Gasteiger partial charge is 0.146 e. The Labute approximate surface area is 205 Å². The number of rotatable bonds is 9. The van der Waals surface area contributed by atoms with E-state index in [4.69, 9.17) is 24.9 Å². The number of hydrogen-bond donors (Lipinski definition) is 1. The first-order valence-corrected chi connectivity index (χ1v) is 13.3. The quantitative estimate of drug-likeness (QED) is 0.407. The van der Waals surface area contributed by atoms with E-state index in [1.807, 2.05) is 0 Å². The van der Waals surface area contributed by atoms with Crippen molar-refractivity contribution in [3.63, 3.8) is 0 Å². The van der Waals surface area contributed by atoms with Crippen LogP contribution in [0.5, 0.6) is 11.5 Å². The maximum Gasteiger partial charge on any atom is 0.146 e. The third-order valence-corrected chi connectivity index (χ3v) is 7.41. The molecule has 2 heterocycles. The molecular formula is C28H43N3O3. The molecule has 2 aromatic rings. The van der Waals surface area contributed by atoms with Crippen LogP contribution in [-0.2, 0) is 11.2 Å². The van der Waals surface area contributed by atoms with E-state index in [-0.39, 0.29) is 18.2 Å². The molecule has 1 aliphatic carbocycles. The van der Waals surface area contributed by atoms with E-state index >= 15 is 0 Å². The lowest BCUT2D eigenvalue weighted by Crippen LogP contribution is -2.55. The maximum absolute atomic E-state index is 6.63. The fraction of sp³-hybridized carbons (Fsp3) is 0.679. The summed E-state index contributed by atoms with van der Waals surface area (Å²) in [6.45, 7) is 6.67. The van der Waals surface area contributed by atoms with Crippen LogP contribution in [0, 0.1) is 0 Å². The minimum absolute atomic E-state index is 0.156. The maximum atomic E-state index is 6.63. The predicted octanol–water partition coefficient (Wildman–Crippen LogP) is 5.10. The molecule has 2 atom stereocenters. The van der Waals surface area contributed by atoms with Crippen molar-refractivity contribution in [1.82, 2.24) is 9.88 Å². The van der Waals surface area contributed by atoms with Gasteiger partial charge in [0.1, 0.15) is 23.6 Å². The summed E-state index contributed by atoms with van der Waals surface area (Å²) in [5.41, 5.74) is 8.55. The molecule has 0 bridgehead atoms. The molecule has 4 rings (SSSR count). The van der Waals surface area contributed by atoms with Crippen molar-refractivity contribution >= 4 is 10.9 Å². The molecule has 2 unspecified atom stereocenters. The molecule has 6 heteroatoms. The SMILES string of the molecule is COCCOc1cc(CC2C(N)CCCN2C(C)C)nc2c(OC3CCCCCC3)cccc12. The van der Waals surface area contributed by atoms with Crippen LogP contribution in [0.4, 0.5) is 0 Å². The lowest BCUT2D eigenvalue weighted by molar-refractivity contribution is 0.0939. The number of ether oxygens (including phenoxy) is 3. The number of benzene rings is 1. The first-order chi connectivity index (χ1) is 16.6. The van der Waals surface area contributed by atoms with Gasteiger partial charge in [-0.15, -0.1) is 0 Å². The second kappa shape index (κ2) is 12.2. The number of nitrogens with two attached hydrogens (primary N) is 1. The lowest BCUT2D eigenvalue weighted by Gasteiger charge is -2.42. The van der Waals surface area contributed by atoms with Crippen LogP contribution in [0.2, 0.25) is 0 Å². The Bertz CT molecular complexity index is 911. The van der Waals surface area contributed by atoms with Crippen LogP contribution in [0.1, 0.15) is 70.9 Å². The minimum Gasteiger partial charge on any atom is -0.490 e. The van der Waals surface area contributed by atoms with E-state index in [9.17, 15) is 0 Å². The fourth-order valence-corrected chi connectivity index (χ4v) is 5.57. The largest absolute Gasteiger partial charge is 0.490 e. The van der Waals surface area contributed by atoms with E-state index in [2.05, 4.69) is 43.0 Å². The molecule has 2 fully saturated rings. The van der Waals surface area contributed by atoms with E-state index in [0.717, 1.165) is 66.7 Å². The molecule has 1 aromatic carbocycles. The fourth-order valence-electron chi connectivity index (χ4n) is 5.57. The van der Waals surface area contributed by atoms with Gasteiger partial charge in [0.15, 0.2) is 0 Å². The molecule has 188 valence electrons. The van der Waals surface area contributed by atoms with Gasteiger partial charge in [-0.05, 0) is 71.0 Å². The van der Waals surface area contributed by atoms with E-state index in [1.165, 1.54) is 25.7 Å². The highest BCUT2D eigenvalue weighted by atomic mass is 16.5. The molecule has 0 amide bonds. The highest BCUT2D eigenvalue weighted by Gasteiger charge is 2.31. The first kappa shape index (κ1) is 25.2. The van der Waals surface area contributed by atoms with Crippen molar-refractivity contribution in [2.24, 2.45) is 5.73 Å². The van der Waals surface area contributed by atoms with Crippen molar-refractivity contribution in [2.45, 2.75) is 95.9 Å². The van der Waals surface area contributed by atoms with Crippen molar-refractivity contribution in [3.05, 3.63) is 30.0 Å². The van der Waals surface area contributed by atoms with Gasteiger partial charge in [0.05, 0.1) is 12.7 Å². The summed E-state index contributed by atoms with van der Waals surface area (Å²) in [4.78, 5) is 7.70. The third kappa shape index (κ3) is 6.21. The summed E-state index contributed by atoms with van der Waals surface area (Å²) in [6.07, 6.45) is 10.6. The zero-order valence-electron chi connectivity index (χ0n) is 21.3. The number of hydrogen-bond acceptors (Lipinski definition) is 6. The van der Waals surface area contributed by atoms with Gasteiger partial charge >= 0.3 is 0 Å². The second-order valence-electron chi connectivity index (χ2n) is 10.2. The topological polar surface area (TPSA) is 69.8 Å². The van der Waals surface area contributed by atoms with Gasteiger partial charge in [0, 0.05) is 48.8 Å². The number of aromatic nitrogens is 1. The molecule has 34 heavy (non-hydrogen) atoms. The summed E-state index contributed by atoms with van der Waals surface area (Å²) in [7, 11) is 1.70. The monoisotopic (exact) mass is 469 g/mol. The number of para-hydroxylation sites is 1. The standard InChI is InChI=1S/C28H43N3O3/c1-20(2)31-15-9-13-24(29)25(31)18-21-19-27(33-17-16-32-3)23-12-8-14-26(28(23)30-21)34-22-10-6-4-5-7-11-22/h8,12,14,19-20,22,24-25H,4-7,9-11,13,15-18,29H2,1-3H3. The number of piperidine rings is 1. The number of nitrogens with zero attached hydrogens (tertiary/aromatic N) is 2. The molecule has 0 spiro atoms. The van der Waals surface area contributed by atoms with Crippen LogP contribution in [0.3, 0.4) is 0 Å². The first-order valence-electron chi connectivity index (χ1n) is 13.3. The Morgan fingerprint density at radius 2 is 1.82 bits per heavy atom. The minimum atomic E-state index is 0.156. The third-order valence-electron chi connectivity index (χ3n) is 7.41. The molecular weight excluding hydrogens is 426 g/mol. The molecule has 2 aliphatic rings. The van der Waals surface area contributed by atoms with Crippen LogP contribution in [0.25, 0.3) is 10.9 Å². The zero-order valence-corrected chi connectivity index (χ0v) is 21.3. The molecule has 2 N–H and O–H groups in total. The Morgan fingerprint density at radius 1 is 1.03 bits per heavy atom. The number of fused-ring (bicyclic) bond motifs is 1. The number of pyridine rings is 1. The van der Waals surface area contributed by atoms with Gasteiger partial charge in [-0.2, -0.15) is 0 Å². The average molecular weight is 470 g/mol. The van der Waals surface area contributed by atoms with Gasteiger partial charge in [-0.1, -0.05) is 18.9 Å². The van der Waals surface area contributed by atoms with Crippen LogP contribution >= 0.6 is 0 Å².